The number of primary sulfonamides is 1. The second-order valence-corrected chi connectivity index (χ2v) is 8.33. The Bertz CT molecular complexity index is 774. The first-order valence-corrected chi connectivity index (χ1v) is 8.97. The minimum atomic E-state index is -3.75. The number of thiophene rings is 2. The fraction of sp³-hybridized carbons (Fsp3) is 0.273. The zero-order valence-electron chi connectivity index (χ0n) is 10.9. The molecule has 0 saturated carbocycles. The number of carbonyl (C=O) groups is 2. The van der Waals surface area contributed by atoms with E-state index in [1.54, 1.807) is 13.0 Å². The fourth-order valence-corrected chi connectivity index (χ4v) is 5.02. The zero-order chi connectivity index (χ0) is 15.8. The molecule has 114 valence electrons. The maximum atomic E-state index is 12.2. The maximum absolute atomic E-state index is 12.2. The molecule has 0 radical (unpaired) electrons. The highest BCUT2D eigenvalue weighted by molar-refractivity contribution is 7.91. The molecule has 0 saturated heterocycles. The van der Waals surface area contributed by atoms with Crippen LogP contribution in [0.2, 0.25) is 0 Å². The highest BCUT2D eigenvalue weighted by Crippen LogP contribution is 2.35. The molecule has 0 aromatic carbocycles. The largest absolute Gasteiger partial charge is 0.480 e. The number of rotatable bonds is 5. The monoisotopic (exact) mass is 348 g/mol. The van der Waals surface area contributed by atoms with Gasteiger partial charge in [0.05, 0.1) is 8.89 Å². The molecule has 0 bridgehead atoms. The Morgan fingerprint density at radius 2 is 2.00 bits per heavy atom. The lowest BCUT2D eigenvalue weighted by Crippen LogP contribution is -2.34. The van der Waals surface area contributed by atoms with E-state index in [0.717, 1.165) is 22.7 Å². The Hall–Kier alpha value is -1.49. The van der Waals surface area contributed by atoms with Gasteiger partial charge in [-0.2, -0.15) is 0 Å². The van der Waals surface area contributed by atoms with Crippen molar-refractivity contribution in [3.05, 3.63) is 17.0 Å². The summed E-state index contributed by atoms with van der Waals surface area (Å²) in [5.74, 6) is -1.47. The summed E-state index contributed by atoms with van der Waals surface area (Å²) in [7, 11) is -3.75. The molecule has 2 aromatic heterocycles. The highest BCUT2D eigenvalue weighted by atomic mass is 32.2. The van der Waals surface area contributed by atoms with Gasteiger partial charge in [0.2, 0.25) is 10.0 Å². The van der Waals surface area contributed by atoms with E-state index in [0.29, 0.717) is 14.3 Å². The lowest BCUT2D eigenvalue weighted by molar-refractivity contribution is -0.137. The van der Waals surface area contributed by atoms with Crippen LogP contribution in [0.1, 0.15) is 16.6 Å². The van der Waals surface area contributed by atoms with E-state index in [9.17, 15) is 18.0 Å². The van der Waals surface area contributed by atoms with Crippen LogP contribution in [0, 0.1) is 0 Å². The van der Waals surface area contributed by atoms with Gasteiger partial charge in [-0.1, -0.05) is 0 Å². The summed E-state index contributed by atoms with van der Waals surface area (Å²) in [5, 5.41) is 14.4. The Kier molecular flexibility index (Phi) is 4.33. The molecule has 1 amide bonds. The molecule has 0 fully saturated rings. The first-order valence-electron chi connectivity index (χ1n) is 5.79. The quantitative estimate of drug-likeness (QED) is 0.840. The third-order valence-corrected chi connectivity index (χ3v) is 6.48. The smallest absolute Gasteiger partial charge is 0.323 e. The summed E-state index contributed by atoms with van der Waals surface area (Å²) < 4.78 is 23.2. The number of sulfonamides is 1. The maximum Gasteiger partial charge on any atom is 0.323 e. The van der Waals surface area contributed by atoms with Crippen molar-refractivity contribution >= 4 is 54.0 Å². The molecule has 0 aliphatic heterocycles. The average Bonchev–Trinajstić information content (AvgIpc) is 2.91. The molecule has 0 unspecified atom stereocenters. The molecule has 21 heavy (non-hydrogen) atoms. The summed E-state index contributed by atoms with van der Waals surface area (Å²) in [4.78, 5) is 24.5. The topological polar surface area (TPSA) is 118 Å². The van der Waals surface area contributed by atoms with Gasteiger partial charge in [-0.25, -0.2) is 13.6 Å². The summed E-state index contributed by atoms with van der Waals surface area (Å²) in [5.41, 5.74) is 0. The molecule has 7 nitrogen and oxygen atoms in total. The number of carbonyl (C=O) groups excluding carboxylic acids is 1. The van der Waals surface area contributed by atoms with Crippen LogP contribution in [0.15, 0.2) is 16.3 Å². The third kappa shape index (κ3) is 3.40. The van der Waals surface area contributed by atoms with E-state index in [1.807, 2.05) is 0 Å². The van der Waals surface area contributed by atoms with E-state index in [1.165, 1.54) is 11.0 Å². The molecule has 0 spiro atoms. The SMILES string of the molecule is CCN(CC(=O)O)C(=O)c1cc2cc(S(N)(=O)=O)sc2s1. The first-order chi connectivity index (χ1) is 9.72. The van der Waals surface area contributed by atoms with Crippen LogP contribution in [0.4, 0.5) is 0 Å². The van der Waals surface area contributed by atoms with Crippen LogP contribution in [-0.2, 0) is 14.8 Å². The van der Waals surface area contributed by atoms with Gasteiger partial charge in [0.15, 0.2) is 0 Å². The van der Waals surface area contributed by atoms with E-state index in [4.69, 9.17) is 10.2 Å². The Morgan fingerprint density at radius 1 is 1.33 bits per heavy atom. The first kappa shape index (κ1) is 15.9. The highest BCUT2D eigenvalue weighted by Gasteiger charge is 2.21. The Morgan fingerprint density at radius 3 is 2.48 bits per heavy atom. The molecule has 3 N–H and O–H groups in total. The molecule has 10 heteroatoms. The standard InChI is InChI=1S/C11H12N2O5S3/c1-2-13(5-8(14)15)10(16)7-3-6-4-9(21(12,17)18)20-11(6)19-7/h3-4H,2,5H2,1H3,(H,14,15)(H2,12,17,18). The lowest BCUT2D eigenvalue weighted by Gasteiger charge is -2.17. The Balaban J connectivity index is 2.33. The molecular weight excluding hydrogens is 336 g/mol. The number of carboxylic acids is 1. The van der Waals surface area contributed by atoms with E-state index in [2.05, 4.69) is 0 Å². The van der Waals surface area contributed by atoms with E-state index >= 15 is 0 Å². The predicted octanol–water partition coefficient (Wildman–Crippen LogP) is 1.16. The minimum Gasteiger partial charge on any atom is -0.480 e. The molecule has 0 aliphatic carbocycles. The second-order valence-electron chi connectivity index (χ2n) is 4.18. The number of amides is 1. The van der Waals surface area contributed by atoms with Crippen LogP contribution in [-0.4, -0.2) is 43.4 Å². The molecule has 2 heterocycles. The van der Waals surface area contributed by atoms with Crippen LogP contribution in [0.25, 0.3) is 9.40 Å². The third-order valence-electron chi connectivity index (χ3n) is 2.68. The van der Waals surface area contributed by atoms with Crippen LogP contribution < -0.4 is 5.14 Å². The number of carboxylic acid groups (broad SMARTS) is 1. The van der Waals surface area contributed by atoms with Crippen LogP contribution in [0.3, 0.4) is 0 Å². The fourth-order valence-electron chi connectivity index (χ4n) is 1.71. The molecule has 0 aliphatic rings. The normalized spacial score (nSPS) is 11.7. The minimum absolute atomic E-state index is 0.0423. The van der Waals surface area contributed by atoms with Gasteiger partial charge in [-0.05, 0) is 19.1 Å². The van der Waals surface area contributed by atoms with Gasteiger partial charge in [0.1, 0.15) is 10.8 Å². The predicted molar refractivity (Wildman–Crippen MR) is 80.3 cm³/mol. The zero-order valence-corrected chi connectivity index (χ0v) is 13.3. The van der Waals surface area contributed by atoms with Gasteiger partial charge in [0.25, 0.3) is 5.91 Å². The van der Waals surface area contributed by atoms with Crippen molar-refractivity contribution in [1.29, 1.82) is 0 Å². The Labute approximate surface area is 128 Å². The number of likely N-dealkylation sites (N-methyl/N-ethyl adjacent to an activating group) is 1. The van der Waals surface area contributed by atoms with Crippen molar-refractivity contribution in [2.75, 3.05) is 13.1 Å². The summed E-state index contributed by atoms with van der Waals surface area (Å²) in [6, 6.07) is 2.97. The van der Waals surface area contributed by atoms with E-state index < -0.39 is 16.0 Å². The summed E-state index contributed by atoms with van der Waals surface area (Å²) >= 11 is 2.12. The number of aliphatic carboxylic acids is 1. The van der Waals surface area contributed by atoms with Crippen molar-refractivity contribution in [2.24, 2.45) is 5.14 Å². The summed E-state index contributed by atoms with van der Waals surface area (Å²) in [6.45, 7) is 1.60. The van der Waals surface area contributed by atoms with Gasteiger partial charge in [-0.15, -0.1) is 22.7 Å². The molecule has 2 aromatic rings. The lowest BCUT2D eigenvalue weighted by atomic mass is 10.3. The van der Waals surface area contributed by atoms with Crippen LogP contribution >= 0.6 is 22.7 Å². The average molecular weight is 348 g/mol. The van der Waals surface area contributed by atoms with Gasteiger partial charge >= 0.3 is 5.97 Å². The summed E-state index contributed by atoms with van der Waals surface area (Å²) in [6.07, 6.45) is 0. The van der Waals surface area contributed by atoms with Gasteiger partial charge < -0.3 is 10.0 Å². The second kappa shape index (κ2) is 5.72. The van der Waals surface area contributed by atoms with Crippen LogP contribution in [0.5, 0.6) is 0 Å². The molecule has 2 rings (SSSR count). The number of hydrogen-bond donors (Lipinski definition) is 2. The number of fused-ring (bicyclic) bond motifs is 1. The molecule has 0 atom stereocenters. The number of nitrogens with zero attached hydrogens (tertiary/aromatic N) is 1. The van der Waals surface area contributed by atoms with Gasteiger partial charge in [-0.3, -0.25) is 9.59 Å². The van der Waals surface area contributed by atoms with E-state index in [-0.39, 0.29) is 23.2 Å². The molecular formula is C11H12N2O5S3. The van der Waals surface area contributed by atoms with Gasteiger partial charge in [0, 0.05) is 11.9 Å². The number of hydrogen-bond acceptors (Lipinski definition) is 6. The number of nitrogens with two attached hydrogens (primary N) is 1. The van der Waals surface area contributed by atoms with Crippen molar-refractivity contribution in [3.8, 4) is 0 Å². The van der Waals surface area contributed by atoms with Crippen molar-refractivity contribution in [1.82, 2.24) is 4.90 Å². The van der Waals surface area contributed by atoms with Crippen molar-refractivity contribution in [3.63, 3.8) is 0 Å². The van der Waals surface area contributed by atoms with Crippen molar-refractivity contribution in [2.45, 2.75) is 11.1 Å². The van der Waals surface area contributed by atoms with Crippen molar-refractivity contribution < 1.29 is 23.1 Å².